The largest absolute Gasteiger partial charge is 0.330 e. The third-order valence-electron chi connectivity index (χ3n) is 1.81. The van der Waals surface area contributed by atoms with E-state index in [4.69, 9.17) is 5.73 Å². The van der Waals surface area contributed by atoms with Gasteiger partial charge in [-0.1, -0.05) is 13.8 Å². The topological polar surface area (TPSA) is 26.0 Å². The van der Waals surface area contributed by atoms with Crippen molar-refractivity contribution in [2.24, 2.45) is 5.73 Å². The van der Waals surface area contributed by atoms with Crippen molar-refractivity contribution in [3.63, 3.8) is 0 Å². The van der Waals surface area contributed by atoms with Crippen LogP contribution in [0.3, 0.4) is 0 Å². The molecule has 0 fully saturated rings. The Labute approximate surface area is 78.0 Å². The van der Waals surface area contributed by atoms with Crippen LogP contribution in [0, 0.1) is 0 Å². The Hall–Kier alpha value is -0.0500. The van der Waals surface area contributed by atoms with E-state index >= 15 is 0 Å². The smallest absolute Gasteiger partial charge is 0.00272 e. The maximum Gasteiger partial charge on any atom is 0.00272 e. The Balaban J connectivity index is 0.000001000. The molecule has 0 aromatic carbocycles. The highest BCUT2D eigenvalue weighted by molar-refractivity contribution is 7.08. The summed E-state index contributed by atoms with van der Waals surface area (Å²) in [6.45, 7) is 5.04. The minimum atomic E-state index is 0. The monoisotopic (exact) mass is 191 g/mol. The summed E-state index contributed by atoms with van der Waals surface area (Å²) in [5, 5.41) is 4.25. The molecule has 0 radical (unpaired) electrons. The van der Waals surface area contributed by atoms with E-state index in [0.29, 0.717) is 6.54 Å². The van der Waals surface area contributed by atoms with Crippen LogP contribution in [-0.2, 0) is 5.41 Å². The molecular formula is C8H14ClNS. The quantitative estimate of drug-likeness (QED) is 0.764. The van der Waals surface area contributed by atoms with Gasteiger partial charge in [0.15, 0.2) is 0 Å². The van der Waals surface area contributed by atoms with Gasteiger partial charge in [0.25, 0.3) is 0 Å². The molecule has 0 atom stereocenters. The summed E-state index contributed by atoms with van der Waals surface area (Å²) in [6, 6.07) is 2.14. The number of hydrogen-bond donors (Lipinski definition) is 1. The van der Waals surface area contributed by atoms with Gasteiger partial charge in [-0.15, -0.1) is 12.4 Å². The summed E-state index contributed by atoms with van der Waals surface area (Å²) >= 11 is 1.73. The van der Waals surface area contributed by atoms with Gasteiger partial charge in [0.05, 0.1) is 0 Å². The summed E-state index contributed by atoms with van der Waals surface area (Å²) in [6.07, 6.45) is 0. The van der Waals surface area contributed by atoms with Crippen LogP contribution in [0.5, 0.6) is 0 Å². The van der Waals surface area contributed by atoms with Crippen LogP contribution in [0.4, 0.5) is 0 Å². The van der Waals surface area contributed by atoms with Crippen LogP contribution in [0.2, 0.25) is 0 Å². The van der Waals surface area contributed by atoms with Gasteiger partial charge in [-0.25, -0.2) is 0 Å². The molecule has 0 aliphatic rings. The number of halogens is 1. The van der Waals surface area contributed by atoms with Gasteiger partial charge in [-0.3, -0.25) is 0 Å². The zero-order valence-electron chi connectivity index (χ0n) is 6.83. The summed E-state index contributed by atoms with van der Waals surface area (Å²) < 4.78 is 0. The highest BCUT2D eigenvalue weighted by atomic mass is 35.5. The van der Waals surface area contributed by atoms with Crippen molar-refractivity contribution in [3.8, 4) is 0 Å². The van der Waals surface area contributed by atoms with Crippen LogP contribution in [0.1, 0.15) is 19.4 Å². The van der Waals surface area contributed by atoms with Crippen LogP contribution < -0.4 is 5.73 Å². The van der Waals surface area contributed by atoms with Crippen molar-refractivity contribution < 1.29 is 0 Å². The summed E-state index contributed by atoms with van der Waals surface area (Å²) in [5.74, 6) is 0. The van der Waals surface area contributed by atoms with Crippen LogP contribution in [0.15, 0.2) is 16.8 Å². The minimum absolute atomic E-state index is 0. The van der Waals surface area contributed by atoms with Crippen molar-refractivity contribution in [1.29, 1.82) is 0 Å². The maximum absolute atomic E-state index is 5.60. The Morgan fingerprint density at radius 2 is 2.18 bits per heavy atom. The molecule has 1 nitrogen and oxygen atoms in total. The summed E-state index contributed by atoms with van der Waals surface area (Å²) in [7, 11) is 0. The fourth-order valence-corrected chi connectivity index (χ4v) is 1.62. The number of rotatable bonds is 2. The molecule has 0 bridgehead atoms. The molecule has 1 heterocycles. The number of thiophene rings is 1. The molecule has 0 unspecified atom stereocenters. The summed E-state index contributed by atoms with van der Waals surface area (Å²) in [4.78, 5) is 0. The molecule has 0 aliphatic carbocycles. The molecule has 0 aliphatic heterocycles. The Morgan fingerprint density at radius 1 is 1.55 bits per heavy atom. The van der Waals surface area contributed by atoms with Gasteiger partial charge in [-0.2, -0.15) is 11.3 Å². The third kappa shape index (κ3) is 2.47. The van der Waals surface area contributed by atoms with Gasteiger partial charge in [0.2, 0.25) is 0 Å². The van der Waals surface area contributed by atoms with Gasteiger partial charge in [0.1, 0.15) is 0 Å². The van der Waals surface area contributed by atoms with Crippen molar-refractivity contribution in [2.45, 2.75) is 19.3 Å². The zero-order chi connectivity index (χ0) is 7.61. The van der Waals surface area contributed by atoms with E-state index in [1.54, 1.807) is 11.3 Å². The highest BCUT2D eigenvalue weighted by Crippen LogP contribution is 2.23. The molecule has 1 aromatic rings. The van der Waals surface area contributed by atoms with Crippen molar-refractivity contribution >= 4 is 23.7 Å². The van der Waals surface area contributed by atoms with Crippen molar-refractivity contribution in [2.75, 3.05) is 6.54 Å². The number of nitrogens with two attached hydrogens (primary N) is 1. The van der Waals surface area contributed by atoms with Gasteiger partial charge in [-0.05, 0) is 22.4 Å². The van der Waals surface area contributed by atoms with E-state index in [-0.39, 0.29) is 17.8 Å². The first kappa shape index (κ1) is 11.0. The second kappa shape index (κ2) is 4.10. The van der Waals surface area contributed by atoms with Crippen molar-refractivity contribution in [3.05, 3.63) is 22.4 Å². The molecular weight excluding hydrogens is 178 g/mol. The predicted octanol–water partition coefficient (Wildman–Crippen LogP) is 2.41. The lowest BCUT2D eigenvalue weighted by atomic mass is 9.87. The van der Waals surface area contributed by atoms with Gasteiger partial charge in [0, 0.05) is 12.0 Å². The highest BCUT2D eigenvalue weighted by Gasteiger charge is 2.17. The fourth-order valence-electron chi connectivity index (χ4n) is 0.767. The molecule has 1 rings (SSSR count). The van der Waals surface area contributed by atoms with E-state index in [1.807, 2.05) is 0 Å². The molecule has 0 saturated heterocycles. The molecule has 2 N–H and O–H groups in total. The third-order valence-corrected chi connectivity index (χ3v) is 2.50. The minimum Gasteiger partial charge on any atom is -0.330 e. The number of hydrogen-bond acceptors (Lipinski definition) is 2. The first-order valence-corrected chi connectivity index (χ1v) is 4.34. The lowest BCUT2D eigenvalue weighted by Crippen LogP contribution is -2.27. The average Bonchev–Trinajstić information content (AvgIpc) is 2.38. The SMILES string of the molecule is CC(C)(CN)c1ccsc1.Cl. The van der Waals surface area contributed by atoms with E-state index in [9.17, 15) is 0 Å². The lowest BCUT2D eigenvalue weighted by molar-refractivity contribution is 0.541. The lowest BCUT2D eigenvalue weighted by Gasteiger charge is -2.20. The average molecular weight is 192 g/mol. The fraction of sp³-hybridized carbons (Fsp3) is 0.500. The van der Waals surface area contributed by atoms with Crippen LogP contribution >= 0.6 is 23.7 Å². The zero-order valence-corrected chi connectivity index (χ0v) is 8.47. The second-order valence-corrected chi connectivity index (χ2v) is 3.88. The molecule has 0 amide bonds. The van der Waals surface area contributed by atoms with E-state index in [0.717, 1.165) is 0 Å². The molecule has 64 valence electrons. The van der Waals surface area contributed by atoms with Crippen LogP contribution in [-0.4, -0.2) is 6.54 Å². The molecule has 0 spiro atoms. The second-order valence-electron chi connectivity index (χ2n) is 3.10. The Bertz CT molecular complexity index is 194. The van der Waals surface area contributed by atoms with Crippen molar-refractivity contribution in [1.82, 2.24) is 0 Å². The normalized spacial score (nSPS) is 10.8. The maximum atomic E-state index is 5.60. The Morgan fingerprint density at radius 3 is 2.55 bits per heavy atom. The first-order chi connectivity index (χ1) is 4.67. The molecule has 0 saturated carbocycles. The first-order valence-electron chi connectivity index (χ1n) is 3.39. The van der Waals surface area contributed by atoms with E-state index in [1.165, 1.54) is 5.56 Å². The predicted molar refractivity (Wildman–Crippen MR) is 53.6 cm³/mol. The Kier molecular flexibility index (Phi) is 4.08. The van der Waals surface area contributed by atoms with Gasteiger partial charge >= 0.3 is 0 Å². The summed E-state index contributed by atoms with van der Waals surface area (Å²) in [5.41, 5.74) is 7.10. The van der Waals surface area contributed by atoms with Gasteiger partial charge < -0.3 is 5.73 Å². The molecule has 11 heavy (non-hydrogen) atoms. The molecule has 1 aromatic heterocycles. The standard InChI is InChI=1S/C8H13NS.ClH/c1-8(2,6-9)7-3-4-10-5-7;/h3-5H,6,9H2,1-2H3;1H. The van der Waals surface area contributed by atoms with Crippen LogP contribution in [0.25, 0.3) is 0 Å². The van der Waals surface area contributed by atoms with E-state index < -0.39 is 0 Å². The van der Waals surface area contributed by atoms with E-state index in [2.05, 4.69) is 30.7 Å². The molecule has 3 heteroatoms.